The Morgan fingerprint density at radius 3 is 2.83 bits per heavy atom. The highest BCUT2D eigenvalue weighted by Gasteiger charge is 2.37. The van der Waals surface area contributed by atoms with Crippen LogP contribution in [0.2, 0.25) is 0 Å². The summed E-state index contributed by atoms with van der Waals surface area (Å²) in [5.74, 6) is -4.88. The Balaban J connectivity index is 2.79. The molecule has 3 nitrogen and oxygen atoms in total. The van der Waals surface area contributed by atoms with Gasteiger partial charge in [-0.1, -0.05) is 0 Å². The molecule has 0 spiro atoms. The first kappa shape index (κ1) is 9.05. The zero-order chi connectivity index (χ0) is 9.19. The minimum atomic E-state index is -3.35. The second-order valence-corrected chi connectivity index (χ2v) is 3.01. The Kier molecular flexibility index (Phi) is 2.37. The molecule has 0 radical (unpaired) electrons. The summed E-state index contributed by atoms with van der Waals surface area (Å²) in [7, 11) is 0. The average Bonchev–Trinajstić information content (AvgIpc) is 2.32. The van der Waals surface area contributed by atoms with Gasteiger partial charge in [-0.3, -0.25) is 4.79 Å². The Labute approximate surface area is 70.7 Å². The van der Waals surface area contributed by atoms with Crippen molar-refractivity contribution in [1.82, 2.24) is 4.98 Å². The van der Waals surface area contributed by atoms with Gasteiger partial charge in [-0.25, -0.2) is 4.98 Å². The Bertz CT molecular complexity index is 273. The molecule has 1 heterocycles. The third-order valence-electron chi connectivity index (χ3n) is 1.12. The Hall–Kier alpha value is -1.04. The van der Waals surface area contributed by atoms with E-state index in [2.05, 4.69) is 4.98 Å². The molecule has 0 aliphatic rings. The number of carboxylic acid groups (broad SMARTS) is 1. The maximum absolute atomic E-state index is 12.8. The molecule has 1 aromatic rings. The monoisotopic (exact) mass is 193 g/mol. The summed E-state index contributed by atoms with van der Waals surface area (Å²) in [5, 5.41) is 9.07. The molecule has 0 fully saturated rings. The number of halogens is 2. The van der Waals surface area contributed by atoms with Crippen molar-refractivity contribution in [2.24, 2.45) is 0 Å². The van der Waals surface area contributed by atoms with Crippen LogP contribution < -0.4 is 0 Å². The number of hydrogen-bond donors (Lipinski definition) is 1. The maximum atomic E-state index is 12.8. The average molecular weight is 193 g/mol. The second-order valence-electron chi connectivity index (χ2n) is 2.11. The van der Waals surface area contributed by atoms with Crippen LogP contribution in [0.3, 0.4) is 0 Å². The lowest BCUT2D eigenvalue weighted by atomic mass is 10.2. The molecule has 0 amide bonds. The van der Waals surface area contributed by atoms with Gasteiger partial charge in [0.15, 0.2) is 5.01 Å². The summed E-state index contributed by atoms with van der Waals surface area (Å²) in [6.45, 7) is 0. The third kappa shape index (κ3) is 1.97. The molecule has 0 atom stereocenters. The Morgan fingerprint density at radius 1 is 1.75 bits per heavy atom. The van der Waals surface area contributed by atoms with Crippen LogP contribution in [0, 0.1) is 0 Å². The molecule has 0 aromatic carbocycles. The van der Waals surface area contributed by atoms with Crippen LogP contribution in [0.15, 0.2) is 11.6 Å². The van der Waals surface area contributed by atoms with Crippen molar-refractivity contribution in [2.45, 2.75) is 12.3 Å². The van der Waals surface area contributed by atoms with E-state index in [1.165, 1.54) is 11.6 Å². The molecule has 6 heteroatoms. The van der Waals surface area contributed by atoms with E-state index in [1.54, 1.807) is 0 Å². The molecule has 1 N–H and O–H groups in total. The van der Waals surface area contributed by atoms with Gasteiger partial charge < -0.3 is 5.11 Å². The molecular weight excluding hydrogens is 188 g/mol. The number of rotatable bonds is 3. The number of alkyl halides is 2. The zero-order valence-electron chi connectivity index (χ0n) is 5.83. The van der Waals surface area contributed by atoms with Crippen LogP contribution in [-0.4, -0.2) is 16.1 Å². The second kappa shape index (κ2) is 3.14. The van der Waals surface area contributed by atoms with Gasteiger partial charge in [0.25, 0.3) is 0 Å². The van der Waals surface area contributed by atoms with Crippen molar-refractivity contribution in [3.8, 4) is 0 Å². The first-order valence-electron chi connectivity index (χ1n) is 3.02. The number of aliphatic carboxylic acids is 1. The highest BCUT2D eigenvalue weighted by molar-refractivity contribution is 7.09. The van der Waals surface area contributed by atoms with Gasteiger partial charge in [0.1, 0.15) is 6.42 Å². The molecule has 0 aliphatic heterocycles. The van der Waals surface area contributed by atoms with Crippen LogP contribution in [-0.2, 0) is 10.7 Å². The zero-order valence-corrected chi connectivity index (χ0v) is 6.65. The highest BCUT2D eigenvalue weighted by Crippen LogP contribution is 2.32. The molecule has 1 aromatic heterocycles. The standard InChI is InChI=1S/C6H5F2NO2S/c7-6(8,3-4(10)11)5-9-1-2-12-5/h1-2H,3H2,(H,10,11). The number of carbonyl (C=O) groups is 1. The van der Waals surface area contributed by atoms with Crippen LogP contribution >= 0.6 is 11.3 Å². The number of thiazole rings is 1. The van der Waals surface area contributed by atoms with E-state index in [4.69, 9.17) is 5.11 Å². The molecule has 0 saturated heterocycles. The lowest BCUT2D eigenvalue weighted by Gasteiger charge is -2.09. The molecule has 0 unspecified atom stereocenters. The molecule has 0 aliphatic carbocycles. The fraction of sp³-hybridized carbons (Fsp3) is 0.333. The quantitative estimate of drug-likeness (QED) is 0.794. The molecule has 12 heavy (non-hydrogen) atoms. The Morgan fingerprint density at radius 2 is 2.42 bits per heavy atom. The first-order valence-corrected chi connectivity index (χ1v) is 3.90. The van der Waals surface area contributed by atoms with E-state index >= 15 is 0 Å². The van der Waals surface area contributed by atoms with Crippen molar-refractivity contribution in [2.75, 3.05) is 0 Å². The van der Waals surface area contributed by atoms with Gasteiger partial charge in [-0.15, -0.1) is 11.3 Å². The van der Waals surface area contributed by atoms with Gasteiger partial charge in [0, 0.05) is 11.6 Å². The van der Waals surface area contributed by atoms with Crippen LogP contribution in [0.5, 0.6) is 0 Å². The van der Waals surface area contributed by atoms with Crippen LogP contribution in [0.4, 0.5) is 8.78 Å². The summed E-state index contributed by atoms with van der Waals surface area (Å²) in [4.78, 5) is 13.4. The van der Waals surface area contributed by atoms with Crippen molar-refractivity contribution < 1.29 is 18.7 Å². The molecule has 0 bridgehead atoms. The van der Waals surface area contributed by atoms with Gasteiger partial charge in [0.05, 0.1) is 0 Å². The fourth-order valence-corrected chi connectivity index (χ4v) is 1.29. The van der Waals surface area contributed by atoms with Gasteiger partial charge in [0.2, 0.25) is 0 Å². The molecule has 66 valence electrons. The van der Waals surface area contributed by atoms with E-state index in [0.29, 0.717) is 0 Å². The minimum Gasteiger partial charge on any atom is -0.481 e. The maximum Gasteiger partial charge on any atom is 0.309 e. The van der Waals surface area contributed by atoms with Crippen molar-refractivity contribution in [1.29, 1.82) is 0 Å². The summed E-state index contributed by atoms with van der Waals surface area (Å²) < 4.78 is 25.6. The van der Waals surface area contributed by atoms with E-state index in [9.17, 15) is 13.6 Å². The van der Waals surface area contributed by atoms with Crippen molar-refractivity contribution in [3.05, 3.63) is 16.6 Å². The summed E-state index contributed by atoms with van der Waals surface area (Å²) in [6, 6.07) is 0. The minimum absolute atomic E-state index is 0.454. The van der Waals surface area contributed by atoms with E-state index < -0.39 is 23.3 Å². The summed E-state index contributed by atoms with van der Waals surface area (Å²) in [5.41, 5.74) is 0. The SMILES string of the molecule is O=C(O)CC(F)(F)c1nccs1. The topological polar surface area (TPSA) is 50.2 Å². The first-order chi connectivity index (χ1) is 5.52. The van der Waals surface area contributed by atoms with Crippen LogP contribution in [0.1, 0.15) is 11.4 Å². The lowest BCUT2D eigenvalue weighted by molar-refractivity contribution is -0.145. The van der Waals surface area contributed by atoms with Crippen molar-refractivity contribution in [3.63, 3.8) is 0 Å². The third-order valence-corrected chi connectivity index (χ3v) is 2.00. The molecule has 0 saturated carbocycles. The van der Waals surface area contributed by atoms with Gasteiger partial charge in [-0.05, 0) is 0 Å². The van der Waals surface area contributed by atoms with E-state index in [0.717, 1.165) is 11.3 Å². The summed E-state index contributed by atoms with van der Waals surface area (Å²) >= 11 is 0.747. The largest absolute Gasteiger partial charge is 0.481 e. The van der Waals surface area contributed by atoms with Gasteiger partial charge in [-0.2, -0.15) is 8.78 Å². The smallest absolute Gasteiger partial charge is 0.309 e. The number of hydrogen-bond acceptors (Lipinski definition) is 3. The number of aromatic nitrogens is 1. The normalized spacial score (nSPS) is 11.5. The van der Waals surface area contributed by atoms with Gasteiger partial charge >= 0.3 is 11.9 Å². The van der Waals surface area contributed by atoms with E-state index in [-0.39, 0.29) is 0 Å². The predicted molar refractivity (Wildman–Crippen MR) is 38.3 cm³/mol. The van der Waals surface area contributed by atoms with E-state index in [1.807, 2.05) is 0 Å². The van der Waals surface area contributed by atoms with Crippen molar-refractivity contribution >= 4 is 17.3 Å². The highest BCUT2D eigenvalue weighted by atomic mass is 32.1. The molecular formula is C6H5F2NO2S. The predicted octanol–water partition coefficient (Wildman–Crippen LogP) is 1.71. The summed E-state index contributed by atoms with van der Waals surface area (Å²) in [6.07, 6.45) is 0.0102. The number of carboxylic acids is 1. The fourth-order valence-electron chi connectivity index (χ4n) is 0.670. The lowest BCUT2D eigenvalue weighted by Crippen LogP contribution is -2.17. The molecule has 1 rings (SSSR count). The van der Waals surface area contributed by atoms with Crippen LogP contribution in [0.25, 0.3) is 0 Å². The number of nitrogens with zero attached hydrogens (tertiary/aromatic N) is 1.